The highest BCUT2D eigenvalue weighted by molar-refractivity contribution is 6.05. The number of fused-ring (bicyclic) bond motifs is 3. The molecule has 3 aliphatic carbocycles. The molecule has 3 bridgehead atoms. The van der Waals surface area contributed by atoms with E-state index >= 15 is 0 Å². The van der Waals surface area contributed by atoms with Crippen molar-refractivity contribution in [3.63, 3.8) is 0 Å². The minimum atomic E-state index is -2.23. The zero-order valence-electron chi connectivity index (χ0n) is 26.7. The number of hydrogen-bond donors (Lipinski definition) is 3. The van der Waals surface area contributed by atoms with E-state index in [1.807, 2.05) is 38.2 Å². The van der Waals surface area contributed by atoms with E-state index in [1.54, 1.807) is 19.1 Å². The van der Waals surface area contributed by atoms with Crippen LogP contribution in [0.1, 0.15) is 85.5 Å². The third kappa shape index (κ3) is 4.39. The van der Waals surface area contributed by atoms with Crippen LogP contribution in [0.3, 0.4) is 0 Å². The Bertz CT molecular complexity index is 1280. The van der Waals surface area contributed by atoms with Gasteiger partial charge in [-0.1, -0.05) is 95.4 Å². The van der Waals surface area contributed by atoms with Crippen molar-refractivity contribution in [2.75, 3.05) is 6.61 Å². The molecule has 5 fully saturated rings. The Morgan fingerprint density at radius 3 is 2.45 bits per heavy atom. The maximum Gasteiger partial charge on any atom is 0.306 e. The third-order valence-electron chi connectivity index (χ3n) is 11.4. The maximum absolute atomic E-state index is 13.6. The number of Topliss-reactive ketones (excluding diaryl/α,β-unsaturated/α-hetero) is 1. The summed E-state index contributed by atoms with van der Waals surface area (Å²) >= 11 is 0. The fourth-order valence-corrected chi connectivity index (χ4v) is 9.11. The Balaban J connectivity index is 1.26. The molecule has 3 saturated heterocycles. The first-order valence-electron chi connectivity index (χ1n) is 16.7. The number of rotatable bonds is 13. The Morgan fingerprint density at radius 1 is 1.05 bits per heavy atom. The van der Waals surface area contributed by atoms with Crippen molar-refractivity contribution >= 4 is 5.78 Å². The van der Waals surface area contributed by atoms with Crippen molar-refractivity contribution in [2.45, 2.75) is 132 Å². The second-order valence-electron chi connectivity index (χ2n) is 14.1. The lowest BCUT2D eigenvalue weighted by Crippen LogP contribution is -2.72. The normalized spacial score (nSPS) is 46.9. The summed E-state index contributed by atoms with van der Waals surface area (Å²) in [4.78, 5) is 13.6. The summed E-state index contributed by atoms with van der Waals surface area (Å²) < 4.78 is 26.5. The average molecular weight is 611 g/mol. The Labute approximate surface area is 261 Å². The summed E-state index contributed by atoms with van der Waals surface area (Å²) in [7, 11) is 0. The lowest BCUT2D eigenvalue weighted by molar-refractivity contribution is -0.406. The van der Waals surface area contributed by atoms with Crippen LogP contribution in [0.25, 0.3) is 0 Å². The molecule has 3 N–H and O–H groups in total. The van der Waals surface area contributed by atoms with Crippen LogP contribution in [0.2, 0.25) is 0 Å². The molecule has 242 valence electrons. The number of carbonyl (C=O) groups is 1. The Kier molecular flexibility index (Phi) is 8.31. The largest absolute Gasteiger partial charge is 0.393 e. The number of epoxide rings is 1. The van der Waals surface area contributed by atoms with Crippen LogP contribution in [0, 0.1) is 17.8 Å². The predicted octanol–water partition coefficient (Wildman–Crippen LogP) is 4.99. The SMILES string of the molecule is C=C(C)C12CC(C)C34OC(C=CC=CC=CCCCCCCCCC)(OC1C3C1OC1(CO)C(O)C1(O)C(=O)C(C)=CC14)O2. The third-order valence-corrected chi connectivity index (χ3v) is 11.4. The average Bonchev–Trinajstić information content (AvgIpc) is 3.63. The first-order valence-corrected chi connectivity index (χ1v) is 16.7. The number of ketones is 1. The molecule has 11 unspecified atom stereocenters. The van der Waals surface area contributed by atoms with Crippen molar-refractivity contribution in [1.29, 1.82) is 0 Å². The van der Waals surface area contributed by atoms with Crippen molar-refractivity contribution in [3.8, 4) is 0 Å². The standard InChI is InChI=1S/C36H50O8/c1-6-7-8-9-10-11-12-13-14-15-16-17-18-19-34-42-29-27-30-33(22-37,41-30)31(39)35(40)26(20-24(4)28(35)38)36(27,44-34)25(5)21-32(29,43-34)23(2)3/h14-20,25-27,29-31,37,39-40H,2,6-13,21-22H2,1,3-5H3. The molecule has 0 radical (unpaired) electrons. The van der Waals surface area contributed by atoms with E-state index in [9.17, 15) is 20.1 Å². The van der Waals surface area contributed by atoms with Gasteiger partial charge in [0.2, 0.25) is 0 Å². The summed E-state index contributed by atoms with van der Waals surface area (Å²) in [6.07, 6.45) is 21.0. The molecule has 0 amide bonds. The van der Waals surface area contributed by atoms with Crippen LogP contribution in [0.15, 0.2) is 60.3 Å². The van der Waals surface area contributed by atoms with Gasteiger partial charge in [0, 0.05) is 17.9 Å². The number of allylic oxidation sites excluding steroid dienone is 5. The van der Waals surface area contributed by atoms with Crippen LogP contribution >= 0.6 is 0 Å². The quantitative estimate of drug-likeness (QED) is 0.116. The lowest BCUT2D eigenvalue weighted by Gasteiger charge is -2.59. The van der Waals surface area contributed by atoms with Gasteiger partial charge in [0.1, 0.15) is 29.5 Å². The van der Waals surface area contributed by atoms with E-state index in [1.165, 1.54) is 44.9 Å². The van der Waals surface area contributed by atoms with E-state index in [0.29, 0.717) is 12.0 Å². The van der Waals surface area contributed by atoms with Crippen molar-refractivity contribution in [1.82, 2.24) is 0 Å². The number of ether oxygens (including phenoxy) is 4. The highest BCUT2D eigenvalue weighted by Gasteiger charge is 2.88. The van der Waals surface area contributed by atoms with Gasteiger partial charge in [0.25, 0.3) is 0 Å². The van der Waals surface area contributed by atoms with Crippen molar-refractivity contribution in [3.05, 3.63) is 60.3 Å². The molecule has 0 aromatic carbocycles. The van der Waals surface area contributed by atoms with E-state index in [-0.39, 0.29) is 5.92 Å². The summed E-state index contributed by atoms with van der Waals surface area (Å²) in [5.41, 5.74) is -4.73. The lowest BCUT2D eigenvalue weighted by atomic mass is 9.54. The molecule has 0 spiro atoms. The van der Waals surface area contributed by atoms with Gasteiger partial charge < -0.3 is 34.3 Å². The van der Waals surface area contributed by atoms with Gasteiger partial charge >= 0.3 is 5.97 Å². The highest BCUT2D eigenvalue weighted by atomic mass is 16.9. The molecule has 44 heavy (non-hydrogen) atoms. The molecular formula is C36H50O8. The van der Waals surface area contributed by atoms with Crippen LogP contribution in [-0.2, 0) is 23.7 Å². The van der Waals surface area contributed by atoms with E-state index in [4.69, 9.17) is 18.9 Å². The minimum absolute atomic E-state index is 0.248. The fourth-order valence-electron chi connectivity index (χ4n) is 9.11. The predicted molar refractivity (Wildman–Crippen MR) is 165 cm³/mol. The number of aliphatic hydroxyl groups is 3. The second-order valence-corrected chi connectivity index (χ2v) is 14.1. The molecule has 6 rings (SSSR count). The topological polar surface area (TPSA) is 118 Å². The van der Waals surface area contributed by atoms with Crippen LogP contribution < -0.4 is 0 Å². The second kappa shape index (κ2) is 11.4. The first-order chi connectivity index (χ1) is 21.0. The Morgan fingerprint density at radius 2 is 1.75 bits per heavy atom. The monoisotopic (exact) mass is 610 g/mol. The maximum atomic E-state index is 13.6. The zero-order valence-corrected chi connectivity index (χ0v) is 26.7. The fraction of sp³-hybridized carbons (Fsp3) is 0.694. The molecule has 6 aliphatic rings. The molecule has 8 nitrogen and oxygen atoms in total. The van der Waals surface area contributed by atoms with Gasteiger partial charge in [-0.15, -0.1) is 0 Å². The summed E-state index contributed by atoms with van der Waals surface area (Å²) in [5, 5.41) is 34.3. The Hall–Kier alpha value is -1.91. The van der Waals surface area contributed by atoms with Gasteiger partial charge in [-0.05, 0) is 50.2 Å². The molecule has 0 aromatic heterocycles. The molecule has 3 heterocycles. The number of hydrogen-bond acceptors (Lipinski definition) is 8. The molecule has 3 aliphatic heterocycles. The van der Waals surface area contributed by atoms with Gasteiger partial charge in [0.05, 0.1) is 12.2 Å². The summed E-state index contributed by atoms with van der Waals surface area (Å²) in [6, 6.07) is 0. The highest BCUT2D eigenvalue weighted by Crippen LogP contribution is 2.72. The molecule has 8 heteroatoms. The van der Waals surface area contributed by atoms with Crippen molar-refractivity contribution in [2.24, 2.45) is 17.8 Å². The zero-order chi connectivity index (χ0) is 31.5. The summed E-state index contributed by atoms with van der Waals surface area (Å²) in [5.74, 6) is -3.87. The van der Waals surface area contributed by atoms with Gasteiger partial charge in [-0.25, -0.2) is 0 Å². The number of carbonyl (C=O) groups excluding carboxylic acids is 1. The summed E-state index contributed by atoms with van der Waals surface area (Å²) in [6.45, 7) is 11.6. The smallest absolute Gasteiger partial charge is 0.306 e. The first kappa shape index (κ1) is 32.0. The minimum Gasteiger partial charge on any atom is -0.393 e. The van der Waals surface area contributed by atoms with E-state index < -0.39 is 70.9 Å². The van der Waals surface area contributed by atoms with E-state index in [2.05, 4.69) is 19.6 Å². The number of unbranched alkanes of at least 4 members (excludes halogenated alkanes) is 7. The van der Waals surface area contributed by atoms with Gasteiger partial charge in [-0.3, -0.25) is 4.79 Å². The molecule has 2 saturated carbocycles. The van der Waals surface area contributed by atoms with Crippen molar-refractivity contribution < 1.29 is 39.1 Å². The van der Waals surface area contributed by atoms with Gasteiger partial charge in [-0.2, -0.15) is 0 Å². The van der Waals surface area contributed by atoms with Crippen LogP contribution in [-0.4, -0.2) is 74.4 Å². The van der Waals surface area contributed by atoms with Crippen LogP contribution in [0.4, 0.5) is 0 Å². The molecule has 0 aromatic rings. The van der Waals surface area contributed by atoms with E-state index in [0.717, 1.165) is 12.0 Å². The van der Waals surface area contributed by atoms with Crippen LogP contribution in [0.5, 0.6) is 0 Å². The number of aliphatic hydroxyl groups excluding tert-OH is 2. The molecule has 11 atom stereocenters. The van der Waals surface area contributed by atoms with Gasteiger partial charge in [0.15, 0.2) is 11.4 Å². The molecular weight excluding hydrogens is 560 g/mol.